The third-order valence-corrected chi connectivity index (χ3v) is 4.43. The molecule has 0 spiro atoms. The summed E-state index contributed by atoms with van der Waals surface area (Å²) in [4.78, 5) is 27.9. The second-order valence-corrected chi connectivity index (χ2v) is 5.70. The van der Waals surface area contributed by atoms with Crippen molar-refractivity contribution in [3.05, 3.63) is 35.4 Å². The van der Waals surface area contributed by atoms with Crippen LogP contribution in [0.3, 0.4) is 0 Å². The van der Waals surface area contributed by atoms with Crippen molar-refractivity contribution in [2.75, 3.05) is 32.7 Å². The van der Waals surface area contributed by atoms with E-state index in [-0.39, 0.29) is 24.4 Å². The number of rotatable bonds is 2. The fraction of sp³-hybridized carbons (Fsp3) is 0.500. The Labute approximate surface area is 124 Å². The first-order valence-corrected chi connectivity index (χ1v) is 7.52. The van der Waals surface area contributed by atoms with Crippen LogP contribution in [0.4, 0.5) is 0 Å². The molecule has 1 aromatic rings. The lowest BCUT2D eigenvalue weighted by molar-refractivity contribution is -0.142. The maximum absolute atomic E-state index is 12.5. The van der Waals surface area contributed by atoms with E-state index in [9.17, 15) is 9.59 Å². The van der Waals surface area contributed by atoms with Gasteiger partial charge in [0.05, 0.1) is 19.1 Å². The molecule has 112 valence electrons. The predicted molar refractivity (Wildman–Crippen MR) is 79.7 cm³/mol. The van der Waals surface area contributed by atoms with Gasteiger partial charge in [-0.2, -0.15) is 0 Å². The standard InChI is InChI=1S/C16H21N3O2/c1-12-14-5-3-2-4-13(14)6-8-19(12)16(21)11-18-9-7-17-10-15(18)20/h2-5,12,17H,6-11H2,1H3. The molecule has 3 rings (SSSR count). The molecular formula is C16H21N3O2. The van der Waals surface area contributed by atoms with Crippen LogP contribution in [0.2, 0.25) is 0 Å². The highest BCUT2D eigenvalue weighted by Crippen LogP contribution is 2.29. The van der Waals surface area contributed by atoms with Crippen LogP contribution in [-0.4, -0.2) is 54.3 Å². The number of piperazine rings is 1. The van der Waals surface area contributed by atoms with Gasteiger partial charge in [-0.05, 0) is 24.5 Å². The molecule has 0 aromatic heterocycles. The molecule has 5 nitrogen and oxygen atoms in total. The Balaban J connectivity index is 1.70. The topological polar surface area (TPSA) is 52.7 Å². The average molecular weight is 287 g/mol. The van der Waals surface area contributed by atoms with E-state index in [1.807, 2.05) is 17.0 Å². The van der Waals surface area contributed by atoms with Crippen LogP contribution in [-0.2, 0) is 16.0 Å². The normalized spacial score (nSPS) is 22.1. The summed E-state index contributed by atoms with van der Waals surface area (Å²) in [6.45, 7) is 4.71. The van der Waals surface area contributed by atoms with Crippen molar-refractivity contribution in [1.82, 2.24) is 15.1 Å². The Hall–Kier alpha value is -1.88. The van der Waals surface area contributed by atoms with Crippen LogP contribution in [0.15, 0.2) is 24.3 Å². The van der Waals surface area contributed by atoms with Crippen molar-refractivity contribution in [3.8, 4) is 0 Å². The fourth-order valence-corrected chi connectivity index (χ4v) is 3.18. The highest BCUT2D eigenvalue weighted by molar-refractivity contribution is 5.86. The number of amides is 2. The number of benzene rings is 1. The van der Waals surface area contributed by atoms with E-state index in [4.69, 9.17) is 0 Å². The molecule has 2 aliphatic rings. The van der Waals surface area contributed by atoms with E-state index < -0.39 is 0 Å². The Kier molecular flexibility index (Phi) is 3.92. The average Bonchev–Trinajstić information content (AvgIpc) is 2.50. The van der Waals surface area contributed by atoms with Gasteiger partial charge in [-0.3, -0.25) is 9.59 Å². The highest BCUT2D eigenvalue weighted by atomic mass is 16.2. The van der Waals surface area contributed by atoms with Gasteiger partial charge in [0.2, 0.25) is 11.8 Å². The van der Waals surface area contributed by atoms with Crippen LogP contribution < -0.4 is 5.32 Å². The van der Waals surface area contributed by atoms with Gasteiger partial charge < -0.3 is 15.1 Å². The molecule has 0 bridgehead atoms. The lowest BCUT2D eigenvalue weighted by atomic mass is 9.93. The number of hydrogen-bond acceptors (Lipinski definition) is 3. The van der Waals surface area contributed by atoms with Crippen LogP contribution >= 0.6 is 0 Å². The van der Waals surface area contributed by atoms with Gasteiger partial charge in [0.15, 0.2) is 0 Å². The summed E-state index contributed by atoms with van der Waals surface area (Å²) in [6, 6.07) is 8.37. The number of fused-ring (bicyclic) bond motifs is 1. The summed E-state index contributed by atoms with van der Waals surface area (Å²) in [5.41, 5.74) is 2.55. The van der Waals surface area contributed by atoms with Crippen molar-refractivity contribution in [1.29, 1.82) is 0 Å². The van der Waals surface area contributed by atoms with Gasteiger partial charge in [0, 0.05) is 19.6 Å². The number of nitrogens with zero attached hydrogens (tertiary/aromatic N) is 2. The van der Waals surface area contributed by atoms with E-state index in [1.54, 1.807) is 4.90 Å². The zero-order valence-electron chi connectivity index (χ0n) is 12.3. The molecule has 1 aromatic carbocycles. The van der Waals surface area contributed by atoms with E-state index in [0.717, 1.165) is 19.5 Å². The van der Waals surface area contributed by atoms with Crippen LogP contribution in [0.1, 0.15) is 24.1 Å². The number of hydrogen-bond donors (Lipinski definition) is 1. The van der Waals surface area contributed by atoms with E-state index in [1.165, 1.54) is 11.1 Å². The molecule has 2 amide bonds. The molecule has 1 N–H and O–H groups in total. The summed E-state index contributed by atoms with van der Waals surface area (Å²) in [7, 11) is 0. The lowest BCUT2D eigenvalue weighted by Crippen LogP contribution is -2.52. The van der Waals surface area contributed by atoms with Gasteiger partial charge in [-0.1, -0.05) is 24.3 Å². The van der Waals surface area contributed by atoms with Crippen molar-refractivity contribution in [2.45, 2.75) is 19.4 Å². The highest BCUT2D eigenvalue weighted by Gasteiger charge is 2.29. The molecule has 1 fully saturated rings. The minimum Gasteiger partial charge on any atom is -0.334 e. The van der Waals surface area contributed by atoms with Gasteiger partial charge in [-0.25, -0.2) is 0 Å². The second-order valence-electron chi connectivity index (χ2n) is 5.70. The Morgan fingerprint density at radius 1 is 1.33 bits per heavy atom. The second kappa shape index (κ2) is 5.85. The molecule has 21 heavy (non-hydrogen) atoms. The first-order chi connectivity index (χ1) is 10.2. The maximum atomic E-state index is 12.5. The number of carbonyl (C=O) groups excluding carboxylic acids is 2. The van der Waals surface area contributed by atoms with Crippen molar-refractivity contribution >= 4 is 11.8 Å². The molecular weight excluding hydrogens is 266 g/mol. The van der Waals surface area contributed by atoms with Gasteiger partial charge >= 0.3 is 0 Å². The van der Waals surface area contributed by atoms with Crippen molar-refractivity contribution < 1.29 is 9.59 Å². The van der Waals surface area contributed by atoms with Crippen LogP contribution in [0, 0.1) is 0 Å². The molecule has 0 radical (unpaired) electrons. The Bertz CT molecular complexity index is 558. The quantitative estimate of drug-likeness (QED) is 0.865. The molecule has 0 aliphatic carbocycles. The molecule has 2 aliphatic heterocycles. The molecule has 5 heteroatoms. The molecule has 1 unspecified atom stereocenters. The Morgan fingerprint density at radius 2 is 2.14 bits per heavy atom. The zero-order chi connectivity index (χ0) is 14.8. The minimum atomic E-state index is 0.0136. The fourth-order valence-electron chi connectivity index (χ4n) is 3.18. The summed E-state index contributed by atoms with van der Waals surface area (Å²) in [5, 5.41) is 3.02. The summed E-state index contributed by atoms with van der Waals surface area (Å²) in [5.74, 6) is 0.0620. The van der Waals surface area contributed by atoms with E-state index in [2.05, 4.69) is 24.4 Å². The largest absolute Gasteiger partial charge is 0.334 e. The molecule has 1 saturated heterocycles. The van der Waals surface area contributed by atoms with Crippen molar-refractivity contribution in [3.63, 3.8) is 0 Å². The smallest absolute Gasteiger partial charge is 0.242 e. The molecule has 2 heterocycles. The lowest BCUT2D eigenvalue weighted by Gasteiger charge is -2.37. The third kappa shape index (κ3) is 2.78. The SMILES string of the molecule is CC1c2ccccc2CCN1C(=O)CN1CCNCC1=O. The monoisotopic (exact) mass is 287 g/mol. The van der Waals surface area contributed by atoms with Gasteiger partial charge in [0.25, 0.3) is 0 Å². The van der Waals surface area contributed by atoms with E-state index in [0.29, 0.717) is 13.1 Å². The molecule has 1 atom stereocenters. The predicted octanol–water partition coefficient (Wildman–Crippen LogP) is 0.564. The third-order valence-electron chi connectivity index (χ3n) is 4.43. The molecule has 0 saturated carbocycles. The summed E-state index contributed by atoms with van der Waals surface area (Å²) in [6.07, 6.45) is 0.891. The first kappa shape index (κ1) is 14.1. The first-order valence-electron chi connectivity index (χ1n) is 7.52. The van der Waals surface area contributed by atoms with Crippen LogP contribution in [0.5, 0.6) is 0 Å². The van der Waals surface area contributed by atoms with Crippen LogP contribution in [0.25, 0.3) is 0 Å². The maximum Gasteiger partial charge on any atom is 0.242 e. The number of carbonyl (C=O) groups is 2. The summed E-state index contributed by atoms with van der Waals surface area (Å²) >= 11 is 0. The van der Waals surface area contributed by atoms with Gasteiger partial charge in [0.1, 0.15) is 0 Å². The van der Waals surface area contributed by atoms with Gasteiger partial charge in [-0.15, -0.1) is 0 Å². The summed E-state index contributed by atoms with van der Waals surface area (Å²) < 4.78 is 0. The van der Waals surface area contributed by atoms with E-state index >= 15 is 0 Å². The minimum absolute atomic E-state index is 0.0136. The number of nitrogens with one attached hydrogen (secondary N) is 1. The zero-order valence-corrected chi connectivity index (χ0v) is 12.3. The Morgan fingerprint density at radius 3 is 2.95 bits per heavy atom. The van der Waals surface area contributed by atoms with Crippen molar-refractivity contribution in [2.24, 2.45) is 0 Å².